The molecular formula is C11H19N3OS. The minimum atomic E-state index is -0.0514. The van der Waals surface area contributed by atoms with E-state index in [1.165, 1.54) is 32.1 Å². The minimum Gasteiger partial charge on any atom is -0.388 e. The van der Waals surface area contributed by atoms with Gasteiger partial charge in [0.15, 0.2) is 10.6 Å². The van der Waals surface area contributed by atoms with Crippen LogP contribution in [0.15, 0.2) is 0 Å². The molecule has 1 fully saturated rings. The smallest absolute Gasteiger partial charge is 0.195 e. The van der Waals surface area contributed by atoms with Gasteiger partial charge >= 0.3 is 0 Å². The summed E-state index contributed by atoms with van der Waals surface area (Å²) in [6, 6.07) is 0.341. The van der Waals surface area contributed by atoms with Crippen LogP contribution in [0.3, 0.4) is 0 Å². The molecular weight excluding hydrogens is 222 g/mol. The van der Waals surface area contributed by atoms with E-state index in [1.54, 1.807) is 0 Å². The van der Waals surface area contributed by atoms with Gasteiger partial charge in [-0.15, -0.1) is 0 Å². The molecule has 1 atom stereocenters. The Kier molecular flexibility index (Phi) is 3.76. The number of aliphatic hydroxyl groups excluding tert-OH is 1. The van der Waals surface area contributed by atoms with Crippen molar-refractivity contribution < 1.29 is 5.11 Å². The summed E-state index contributed by atoms with van der Waals surface area (Å²) in [6.45, 7) is 2.13. The van der Waals surface area contributed by atoms with Crippen molar-refractivity contribution in [2.24, 2.45) is 5.92 Å². The van der Waals surface area contributed by atoms with Crippen molar-refractivity contribution >= 4 is 12.2 Å². The second-order valence-corrected chi connectivity index (χ2v) is 5.00. The van der Waals surface area contributed by atoms with Crippen LogP contribution in [0.1, 0.15) is 50.9 Å². The van der Waals surface area contributed by atoms with E-state index in [0.717, 1.165) is 0 Å². The number of nitrogens with zero attached hydrogens (tertiary/aromatic N) is 2. The van der Waals surface area contributed by atoms with Gasteiger partial charge in [-0.25, -0.2) is 0 Å². The van der Waals surface area contributed by atoms with Crippen molar-refractivity contribution in [3.05, 3.63) is 10.6 Å². The highest BCUT2D eigenvalue weighted by molar-refractivity contribution is 7.71. The molecule has 1 unspecified atom stereocenters. The number of hydrogen-bond donors (Lipinski definition) is 2. The molecule has 1 aromatic heterocycles. The molecule has 1 aliphatic carbocycles. The zero-order valence-corrected chi connectivity index (χ0v) is 10.5. The van der Waals surface area contributed by atoms with Gasteiger partial charge in [0.1, 0.15) is 6.61 Å². The standard InChI is InChI=1S/C11H19N3OS/c1-8(9-5-3-2-4-6-9)14-10(7-15)12-13-11(14)16/h8-9,15H,2-7H2,1H3,(H,13,16). The minimum absolute atomic E-state index is 0.0514. The summed E-state index contributed by atoms with van der Waals surface area (Å²) in [7, 11) is 0. The summed E-state index contributed by atoms with van der Waals surface area (Å²) in [5.41, 5.74) is 0. The van der Waals surface area contributed by atoms with E-state index in [4.69, 9.17) is 12.2 Å². The third-order valence-corrected chi connectivity index (χ3v) is 3.95. The van der Waals surface area contributed by atoms with Crippen LogP contribution in [0.25, 0.3) is 0 Å². The monoisotopic (exact) mass is 241 g/mol. The Morgan fingerprint density at radius 2 is 2.19 bits per heavy atom. The number of H-pyrrole nitrogens is 1. The topological polar surface area (TPSA) is 53.8 Å². The Labute approximate surface area is 101 Å². The fourth-order valence-corrected chi connectivity index (χ4v) is 3.01. The van der Waals surface area contributed by atoms with Gasteiger partial charge in [0.2, 0.25) is 0 Å². The first-order valence-electron chi connectivity index (χ1n) is 6.00. The van der Waals surface area contributed by atoms with Crippen LogP contribution in [0, 0.1) is 10.7 Å². The lowest BCUT2D eigenvalue weighted by atomic mass is 9.84. The molecule has 0 spiro atoms. The van der Waals surface area contributed by atoms with Gasteiger partial charge in [0.25, 0.3) is 0 Å². The van der Waals surface area contributed by atoms with Crippen LogP contribution < -0.4 is 0 Å². The maximum atomic E-state index is 9.23. The summed E-state index contributed by atoms with van der Waals surface area (Å²) < 4.78 is 2.60. The molecule has 1 aliphatic rings. The Balaban J connectivity index is 2.21. The van der Waals surface area contributed by atoms with Crippen LogP contribution in [-0.2, 0) is 6.61 Å². The Bertz CT molecular complexity index is 392. The second-order valence-electron chi connectivity index (χ2n) is 4.61. The Hall–Kier alpha value is -0.680. The van der Waals surface area contributed by atoms with E-state index < -0.39 is 0 Å². The fraction of sp³-hybridized carbons (Fsp3) is 0.818. The first-order valence-corrected chi connectivity index (χ1v) is 6.41. The summed E-state index contributed by atoms with van der Waals surface area (Å²) >= 11 is 5.22. The van der Waals surface area contributed by atoms with Crippen molar-refractivity contribution in [3.8, 4) is 0 Å². The van der Waals surface area contributed by atoms with Crippen LogP contribution in [0.4, 0.5) is 0 Å². The van der Waals surface area contributed by atoms with Gasteiger partial charge in [-0.1, -0.05) is 19.3 Å². The predicted molar refractivity (Wildman–Crippen MR) is 64.6 cm³/mol. The van der Waals surface area contributed by atoms with Gasteiger partial charge in [0, 0.05) is 6.04 Å². The lowest BCUT2D eigenvalue weighted by molar-refractivity contribution is 0.229. The normalized spacial score (nSPS) is 19.9. The molecule has 90 valence electrons. The summed E-state index contributed by atoms with van der Waals surface area (Å²) in [5.74, 6) is 1.33. The van der Waals surface area contributed by atoms with Gasteiger partial charge in [0.05, 0.1) is 0 Å². The number of aromatic amines is 1. The molecule has 0 aliphatic heterocycles. The highest BCUT2D eigenvalue weighted by atomic mass is 32.1. The first-order chi connectivity index (χ1) is 7.74. The van der Waals surface area contributed by atoms with Crippen molar-refractivity contribution in [1.82, 2.24) is 14.8 Å². The molecule has 1 heterocycles. The number of aromatic nitrogens is 3. The van der Waals surface area contributed by atoms with E-state index in [0.29, 0.717) is 22.6 Å². The van der Waals surface area contributed by atoms with Gasteiger partial charge in [-0.05, 0) is 37.9 Å². The average molecular weight is 241 g/mol. The molecule has 2 N–H and O–H groups in total. The number of hydrogen-bond acceptors (Lipinski definition) is 3. The number of rotatable bonds is 3. The largest absolute Gasteiger partial charge is 0.388 e. The maximum Gasteiger partial charge on any atom is 0.195 e. The maximum absolute atomic E-state index is 9.23. The third kappa shape index (κ3) is 2.20. The predicted octanol–water partition coefficient (Wildman–Crippen LogP) is 2.57. The molecule has 0 saturated heterocycles. The number of aliphatic hydroxyl groups is 1. The highest BCUT2D eigenvalue weighted by Gasteiger charge is 2.23. The number of nitrogens with one attached hydrogen (secondary N) is 1. The highest BCUT2D eigenvalue weighted by Crippen LogP contribution is 2.33. The van der Waals surface area contributed by atoms with Crippen LogP contribution in [0.2, 0.25) is 0 Å². The fourth-order valence-electron chi connectivity index (χ4n) is 2.70. The zero-order chi connectivity index (χ0) is 11.5. The lowest BCUT2D eigenvalue weighted by Gasteiger charge is -2.28. The summed E-state index contributed by atoms with van der Waals surface area (Å²) in [4.78, 5) is 0. The SMILES string of the molecule is CC(C1CCCCC1)n1c(CO)n[nH]c1=S. The van der Waals surface area contributed by atoms with Crippen LogP contribution in [0.5, 0.6) is 0 Å². The van der Waals surface area contributed by atoms with E-state index in [-0.39, 0.29) is 6.61 Å². The van der Waals surface area contributed by atoms with Gasteiger partial charge in [-0.2, -0.15) is 5.10 Å². The van der Waals surface area contributed by atoms with Crippen LogP contribution >= 0.6 is 12.2 Å². The summed E-state index contributed by atoms with van der Waals surface area (Å²) in [6.07, 6.45) is 6.51. The molecule has 16 heavy (non-hydrogen) atoms. The lowest BCUT2D eigenvalue weighted by Crippen LogP contribution is -2.21. The van der Waals surface area contributed by atoms with E-state index in [9.17, 15) is 5.11 Å². The molecule has 1 aromatic rings. The molecule has 0 radical (unpaired) electrons. The van der Waals surface area contributed by atoms with Crippen LogP contribution in [-0.4, -0.2) is 19.9 Å². The first kappa shape index (κ1) is 11.8. The molecule has 5 heteroatoms. The van der Waals surface area contributed by atoms with E-state index >= 15 is 0 Å². The van der Waals surface area contributed by atoms with Crippen molar-refractivity contribution in [1.29, 1.82) is 0 Å². The van der Waals surface area contributed by atoms with Crippen molar-refractivity contribution in [2.45, 2.75) is 51.7 Å². The van der Waals surface area contributed by atoms with E-state index in [2.05, 4.69) is 17.1 Å². The molecule has 2 rings (SSSR count). The van der Waals surface area contributed by atoms with Gasteiger partial charge in [-0.3, -0.25) is 9.67 Å². The zero-order valence-electron chi connectivity index (χ0n) is 9.65. The Morgan fingerprint density at radius 3 is 2.81 bits per heavy atom. The molecule has 0 amide bonds. The summed E-state index contributed by atoms with van der Waals surface area (Å²) in [5, 5.41) is 16.0. The molecule has 0 bridgehead atoms. The molecule has 4 nitrogen and oxygen atoms in total. The second kappa shape index (κ2) is 5.10. The third-order valence-electron chi connectivity index (χ3n) is 3.66. The van der Waals surface area contributed by atoms with Crippen molar-refractivity contribution in [2.75, 3.05) is 0 Å². The molecule has 1 saturated carbocycles. The quantitative estimate of drug-likeness (QED) is 0.800. The average Bonchev–Trinajstić information content (AvgIpc) is 2.70. The van der Waals surface area contributed by atoms with Crippen molar-refractivity contribution in [3.63, 3.8) is 0 Å². The molecule has 0 aromatic carbocycles. The Morgan fingerprint density at radius 1 is 1.50 bits per heavy atom. The van der Waals surface area contributed by atoms with Gasteiger partial charge < -0.3 is 5.11 Å². The van der Waals surface area contributed by atoms with E-state index in [1.807, 2.05) is 4.57 Å².